The first-order valence-electron chi connectivity index (χ1n) is 10.5. The Morgan fingerprint density at radius 3 is 2.67 bits per heavy atom. The van der Waals surface area contributed by atoms with Gasteiger partial charge in [-0.2, -0.15) is 9.78 Å². The maximum atomic E-state index is 13.4. The number of esters is 1. The van der Waals surface area contributed by atoms with Crippen molar-refractivity contribution in [3.63, 3.8) is 0 Å². The topological polar surface area (TPSA) is 86.7 Å². The molecule has 2 heterocycles. The van der Waals surface area contributed by atoms with Gasteiger partial charge in [0.25, 0.3) is 5.56 Å². The maximum Gasteiger partial charge on any atom is 0.379 e. The summed E-state index contributed by atoms with van der Waals surface area (Å²) in [6.07, 6.45) is 2.78. The van der Waals surface area contributed by atoms with Crippen molar-refractivity contribution in [2.45, 2.75) is 0 Å². The summed E-state index contributed by atoms with van der Waals surface area (Å²) in [4.78, 5) is 30.5. The molecular weight excluding hydrogens is 569 g/mol. The number of rotatable bonds is 5. The van der Waals surface area contributed by atoms with Crippen LogP contribution in [0.25, 0.3) is 22.3 Å². The molecule has 178 valence electrons. The zero-order valence-corrected chi connectivity index (χ0v) is 21.3. The third kappa shape index (κ3) is 4.83. The normalized spacial score (nSPS) is 11.3. The van der Waals surface area contributed by atoms with E-state index in [1.54, 1.807) is 66.7 Å². The quantitative estimate of drug-likeness (QED) is 0.129. The van der Waals surface area contributed by atoms with E-state index in [9.17, 15) is 9.59 Å². The molecule has 0 amide bonds. The molecule has 5 aromatic rings. The molecule has 36 heavy (non-hydrogen) atoms. The molecule has 0 unspecified atom stereocenters. The second kappa shape index (κ2) is 10.1. The number of fused-ring (bicyclic) bond motifs is 1. The van der Waals surface area contributed by atoms with Gasteiger partial charge in [-0.15, -0.1) is 0 Å². The molecule has 0 aliphatic carbocycles. The molecule has 3 aromatic carbocycles. The third-order valence-electron chi connectivity index (χ3n) is 5.13. The van der Waals surface area contributed by atoms with Gasteiger partial charge in [-0.3, -0.25) is 4.79 Å². The monoisotopic (exact) mass is 581 g/mol. The van der Waals surface area contributed by atoms with Crippen molar-refractivity contribution in [2.24, 2.45) is 5.10 Å². The zero-order chi connectivity index (χ0) is 25.2. The molecule has 0 atom stereocenters. The van der Waals surface area contributed by atoms with Gasteiger partial charge in [0, 0.05) is 20.6 Å². The zero-order valence-electron chi connectivity index (χ0n) is 18.2. The molecule has 0 fully saturated rings. The fraction of sp³-hybridized carbons (Fsp3) is 0. The highest BCUT2D eigenvalue weighted by molar-refractivity contribution is 9.10. The minimum Gasteiger partial charge on any atom is -0.457 e. The number of halogens is 3. The van der Waals surface area contributed by atoms with Crippen molar-refractivity contribution in [3.05, 3.63) is 115 Å². The number of hydrogen-bond donors (Lipinski definition) is 0. The molecule has 0 aliphatic rings. The molecule has 5 rings (SSSR count). The first kappa shape index (κ1) is 24.0. The number of para-hydroxylation sites is 1. The number of carbonyl (C=O) groups is 1. The van der Waals surface area contributed by atoms with E-state index in [4.69, 9.17) is 32.4 Å². The van der Waals surface area contributed by atoms with Crippen LogP contribution in [0.1, 0.15) is 16.1 Å². The van der Waals surface area contributed by atoms with Crippen LogP contribution in [-0.4, -0.2) is 21.8 Å². The minimum absolute atomic E-state index is 0.0513. The average molecular weight is 583 g/mol. The molecule has 2 aromatic heterocycles. The lowest BCUT2D eigenvalue weighted by molar-refractivity contribution is 0.0701. The number of ether oxygens (including phenoxy) is 1. The summed E-state index contributed by atoms with van der Waals surface area (Å²) in [6, 6.07) is 19.9. The molecule has 10 heteroatoms. The number of hydrogen-bond acceptors (Lipinski definition) is 6. The van der Waals surface area contributed by atoms with Crippen LogP contribution >= 0.6 is 39.1 Å². The molecule has 0 radical (unpaired) electrons. The summed E-state index contributed by atoms with van der Waals surface area (Å²) in [6.45, 7) is 0. The number of furan rings is 1. The standard InChI is InChI=1S/C26H14BrCl2N3O4/c27-16-7-10-22(36-26(34)23-6-3-11-35-23)15(12-16)14-30-32-24(18-9-8-17(28)13-20(18)29)31-21-5-2-1-4-19(21)25(32)33/h1-14H. The Morgan fingerprint density at radius 1 is 1.06 bits per heavy atom. The second-order valence-corrected chi connectivity index (χ2v) is 9.25. The largest absolute Gasteiger partial charge is 0.457 e. The predicted octanol–water partition coefficient (Wildman–Crippen LogP) is 6.83. The fourth-order valence-corrected chi connectivity index (χ4v) is 4.33. The van der Waals surface area contributed by atoms with E-state index in [0.29, 0.717) is 36.5 Å². The van der Waals surface area contributed by atoms with Gasteiger partial charge >= 0.3 is 5.97 Å². The van der Waals surface area contributed by atoms with Crippen molar-refractivity contribution in [1.29, 1.82) is 0 Å². The van der Waals surface area contributed by atoms with E-state index in [1.807, 2.05) is 0 Å². The van der Waals surface area contributed by atoms with Crippen molar-refractivity contribution >= 4 is 62.2 Å². The number of carbonyl (C=O) groups excluding carboxylic acids is 1. The Hall–Kier alpha value is -3.72. The molecular formula is C26H14BrCl2N3O4. The van der Waals surface area contributed by atoms with Crippen LogP contribution < -0.4 is 10.3 Å². The Morgan fingerprint density at radius 2 is 1.89 bits per heavy atom. The van der Waals surface area contributed by atoms with Gasteiger partial charge in [0.15, 0.2) is 5.82 Å². The van der Waals surface area contributed by atoms with Gasteiger partial charge in [-0.05, 0) is 60.7 Å². The maximum absolute atomic E-state index is 13.4. The van der Waals surface area contributed by atoms with E-state index in [0.717, 1.165) is 4.68 Å². The lowest BCUT2D eigenvalue weighted by Crippen LogP contribution is -2.20. The first-order valence-corrected chi connectivity index (χ1v) is 12.0. The van der Waals surface area contributed by atoms with Crippen LogP contribution in [0.15, 0.2) is 97.8 Å². The van der Waals surface area contributed by atoms with Crippen LogP contribution in [0.2, 0.25) is 10.0 Å². The van der Waals surface area contributed by atoms with E-state index < -0.39 is 11.5 Å². The summed E-state index contributed by atoms with van der Waals surface area (Å²) < 4.78 is 12.5. The van der Waals surface area contributed by atoms with E-state index >= 15 is 0 Å². The Kier molecular flexibility index (Phi) is 6.73. The first-order chi connectivity index (χ1) is 17.4. The number of benzene rings is 3. The van der Waals surface area contributed by atoms with Gasteiger partial charge in [0.2, 0.25) is 5.76 Å². The highest BCUT2D eigenvalue weighted by Gasteiger charge is 2.17. The van der Waals surface area contributed by atoms with Crippen molar-refractivity contribution in [3.8, 4) is 17.1 Å². The van der Waals surface area contributed by atoms with E-state index in [-0.39, 0.29) is 17.3 Å². The van der Waals surface area contributed by atoms with Gasteiger partial charge in [0.05, 0.1) is 28.4 Å². The van der Waals surface area contributed by atoms with Crippen molar-refractivity contribution in [1.82, 2.24) is 9.66 Å². The Labute approximate surface area is 222 Å². The van der Waals surface area contributed by atoms with Crippen LogP contribution in [-0.2, 0) is 0 Å². The highest BCUT2D eigenvalue weighted by Crippen LogP contribution is 2.30. The molecule has 0 N–H and O–H groups in total. The molecule has 0 bridgehead atoms. The van der Waals surface area contributed by atoms with Crippen molar-refractivity contribution in [2.75, 3.05) is 0 Å². The minimum atomic E-state index is -0.671. The number of aromatic nitrogens is 2. The fourth-order valence-electron chi connectivity index (χ4n) is 3.45. The number of nitrogens with zero attached hydrogens (tertiary/aromatic N) is 3. The predicted molar refractivity (Wildman–Crippen MR) is 142 cm³/mol. The van der Waals surface area contributed by atoms with Gasteiger partial charge < -0.3 is 9.15 Å². The third-order valence-corrected chi connectivity index (χ3v) is 6.18. The molecule has 0 spiro atoms. The van der Waals surface area contributed by atoms with Gasteiger partial charge in [-0.25, -0.2) is 9.78 Å². The van der Waals surface area contributed by atoms with Crippen LogP contribution in [0, 0.1) is 0 Å². The van der Waals surface area contributed by atoms with Gasteiger partial charge in [-0.1, -0.05) is 51.3 Å². The lowest BCUT2D eigenvalue weighted by Gasteiger charge is -2.11. The molecule has 7 nitrogen and oxygen atoms in total. The SMILES string of the molecule is O=C(Oc1ccc(Br)cc1C=Nn1c(-c2ccc(Cl)cc2Cl)nc2ccccc2c1=O)c1ccco1. The smallest absolute Gasteiger partial charge is 0.379 e. The summed E-state index contributed by atoms with van der Waals surface area (Å²) >= 11 is 15.9. The van der Waals surface area contributed by atoms with E-state index in [1.165, 1.54) is 18.5 Å². The summed E-state index contributed by atoms with van der Waals surface area (Å²) in [5.74, 6) is -0.178. The average Bonchev–Trinajstić information content (AvgIpc) is 3.40. The highest BCUT2D eigenvalue weighted by atomic mass is 79.9. The van der Waals surface area contributed by atoms with Crippen LogP contribution in [0.5, 0.6) is 5.75 Å². The Bertz CT molecular complexity index is 1700. The summed E-state index contributed by atoms with van der Waals surface area (Å²) in [5.41, 5.74) is 0.991. The lowest BCUT2D eigenvalue weighted by atomic mass is 10.2. The summed E-state index contributed by atoms with van der Waals surface area (Å²) in [5, 5.41) is 5.56. The van der Waals surface area contributed by atoms with Crippen LogP contribution in [0.4, 0.5) is 0 Å². The summed E-state index contributed by atoms with van der Waals surface area (Å²) in [7, 11) is 0. The van der Waals surface area contributed by atoms with Crippen molar-refractivity contribution < 1.29 is 13.9 Å². The Balaban J connectivity index is 1.64. The van der Waals surface area contributed by atoms with Gasteiger partial charge in [0.1, 0.15) is 5.75 Å². The second-order valence-electron chi connectivity index (χ2n) is 7.49. The molecule has 0 saturated heterocycles. The van der Waals surface area contributed by atoms with E-state index in [2.05, 4.69) is 26.0 Å². The molecule has 0 aliphatic heterocycles. The van der Waals surface area contributed by atoms with Crippen LogP contribution in [0.3, 0.4) is 0 Å². The molecule has 0 saturated carbocycles.